The summed E-state index contributed by atoms with van der Waals surface area (Å²) < 4.78 is 16.6. The van der Waals surface area contributed by atoms with E-state index >= 15 is 0 Å². The van der Waals surface area contributed by atoms with Crippen LogP contribution in [0.5, 0.6) is 17.2 Å². The van der Waals surface area contributed by atoms with Crippen molar-refractivity contribution in [3.63, 3.8) is 0 Å². The van der Waals surface area contributed by atoms with Crippen LogP contribution in [-0.4, -0.2) is 36.9 Å². The van der Waals surface area contributed by atoms with E-state index in [-0.39, 0.29) is 23.8 Å². The second-order valence-corrected chi connectivity index (χ2v) is 8.62. The summed E-state index contributed by atoms with van der Waals surface area (Å²) in [7, 11) is 3.01. The number of benzene rings is 2. The van der Waals surface area contributed by atoms with E-state index in [2.05, 4.69) is 4.98 Å². The maximum absolute atomic E-state index is 13.7. The zero-order valence-electron chi connectivity index (χ0n) is 20.6. The molecule has 1 atom stereocenters. The van der Waals surface area contributed by atoms with Crippen molar-refractivity contribution in [2.45, 2.75) is 32.5 Å². The number of nitrogens with zero attached hydrogens (tertiary/aromatic N) is 1. The summed E-state index contributed by atoms with van der Waals surface area (Å²) in [6.07, 6.45) is 3.46. The van der Waals surface area contributed by atoms with E-state index in [0.29, 0.717) is 22.8 Å². The molecule has 1 unspecified atom stereocenters. The molecule has 8 heteroatoms. The molecule has 1 N–H and O–H groups in total. The fourth-order valence-electron chi connectivity index (χ4n) is 4.25. The van der Waals surface area contributed by atoms with Gasteiger partial charge in [-0.2, -0.15) is 0 Å². The molecule has 1 aliphatic heterocycles. The number of H-pyrrole nitrogens is 1. The van der Waals surface area contributed by atoms with Gasteiger partial charge in [-0.15, -0.1) is 0 Å². The highest BCUT2D eigenvalue weighted by Crippen LogP contribution is 2.44. The van der Waals surface area contributed by atoms with E-state index in [1.54, 1.807) is 60.9 Å². The topological polar surface area (TPSA) is 102 Å². The maximum atomic E-state index is 13.7. The molecule has 0 saturated carbocycles. The molecule has 0 aliphatic carbocycles. The SMILES string of the molecule is COc1ccc(OC)c(C2C(=C([O-])c3ccc(OC(C)C)cc3)C(=O)C(=O)N2Cc2ccc[nH+]c2)c1. The van der Waals surface area contributed by atoms with E-state index < -0.39 is 23.5 Å². The van der Waals surface area contributed by atoms with E-state index in [9.17, 15) is 14.7 Å². The summed E-state index contributed by atoms with van der Waals surface area (Å²) >= 11 is 0. The van der Waals surface area contributed by atoms with E-state index in [1.165, 1.54) is 19.1 Å². The zero-order valence-corrected chi connectivity index (χ0v) is 20.6. The molecule has 4 rings (SSSR count). The van der Waals surface area contributed by atoms with Crippen LogP contribution in [0.4, 0.5) is 0 Å². The van der Waals surface area contributed by atoms with Crippen molar-refractivity contribution in [1.82, 2.24) is 4.90 Å². The van der Waals surface area contributed by atoms with Crippen LogP contribution in [0.25, 0.3) is 5.76 Å². The normalized spacial score (nSPS) is 16.9. The molecular formula is C28H28N2O6. The predicted molar refractivity (Wildman–Crippen MR) is 130 cm³/mol. The summed E-state index contributed by atoms with van der Waals surface area (Å²) in [5.74, 6) is -0.574. The van der Waals surface area contributed by atoms with Gasteiger partial charge in [0.05, 0.1) is 32.9 Å². The minimum Gasteiger partial charge on any atom is -0.872 e. The molecule has 1 amide bonds. The van der Waals surface area contributed by atoms with Crippen LogP contribution >= 0.6 is 0 Å². The standard InChI is InChI=1S/C28H28N2O6/c1-17(2)36-20-9-7-19(8-10-20)26(31)24-25(22-14-21(34-3)11-12-23(22)35-4)30(28(33)27(24)32)16-18-6-5-13-29-15-18/h5-15,17,25,31H,16H2,1-4H3. The van der Waals surface area contributed by atoms with E-state index in [4.69, 9.17) is 14.2 Å². The lowest BCUT2D eigenvalue weighted by molar-refractivity contribution is -0.378. The van der Waals surface area contributed by atoms with Crippen LogP contribution in [0.2, 0.25) is 0 Å². The number of carbonyl (C=O) groups excluding carboxylic acids is 2. The van der Waals surface area contributed by atoms with Crippen LogP contribution in [0.1, 0.15) is 36.6 Å². The number of rotatable bonds is 8. The summed E-state index contributed by atoms with van der Waals surface area (Å²) in [6.45, 7) is 3.93. The maximum Gasteiger partial charge on any atom is 0.295 e. The summed E-state index contributed by atoms with van der Waals surface area (Å²) in [6, 6.07) is 14.3. The largest absolute Gasteiger partial charge is 0.872 e. The smallest absolute Gasteiger partial charge is 0.295 e. The molecule has 36 heavy (non-hydrogen) atoms. The van der Waals surface area contributed by atoms with Gasteiger partial charge in [-0.25, -0.2) is 4.98 Å². The highest BCUT2D eigenvalue weighted by molar-refractivity contribution is 6.46. The van der Waals surface area contributed by atoms with Crippen LogP contribution in [0, 0.1) is 0 Å². The Labute approximate surface area is 209 Å². The lowest BCUT2D eigenvalue weighted by atomic mass is 9.94. The second kappa shape index (κ2) is 10.5. The molecule has 0 bridgehead atoms. The molecule has 2 heterocycles. The van der Waals surface area contributed by atoms with Gasteiger partial charge >= 0.3 is 0 Å². The first-order valence-corrected chi connectivity index (χ1v) is 11.5. The van der Waals surface area contributed by atoms with Gasteiger partial charge in [0.15, 0.2) is 12.4 Å². The van der Waals surface area contributed by atoms with Gasteiger partial charge in [-0.1, -0.05) is 17.9 Å². The van der Waals surface area contributed by atoms with Crippen molar-refractivity contribution in [2.75, 3.05) is 14.2 Å². The number of aromatic amines is 1. The Morgan fingerprint density at radius 1 is 1.03 bits per heavy atom. The monoisotopic (exact) mass is 488 g/mol. The van der Waals surface area contributed by atoms with E-state index in [1.807, 2.05) is 19.9 Å². The highest BCUT2D eigenvalue weighted by Gasteiger charge is 2.45. The first kappa shape index (κ1) is 24.8. The Bertz CT molecular complexity index is 1290. The Balaban J connectivity index is 1.87. The number of Topliss-reactive ketones (excluding diaryl/α,β-unsaturated/α-hetero) is 1. The fourth-order valence-corrected chi connectivity index (χ4v) is 4.25. The van der Waals surface area contributed by atoms with Crippen LogP contribution in [0.15, 0.2) is 72.6 Å². The van der Waals surface area contributed by atoms with Crippen molar-refractivity contribution in [1.29, 1.82) is 0 Å². The average Bonchev–Trinajstić information content (AvgIpc) is 3.13. The number of hydrogen-bond donors (Lipinski definition) is 0. The van der Waals surface area contributed by atoms with Gasteiger partial charge in [0.1, 0.15) is 17.2 Å². The Kier molecular flexibility index (Phi) is 7.24. The number of pyridine rings is 1. The minimum atomic E-state index is -0.964. The predicted octanol–water partition coefficient (Wildman–Crippen LogP) is 2.73. The molecule has 1 fully saturated rings. The van der Waals surface area contributed by atoms with Crippen LogP contribution in [0.3, 0.4) is 0 Å². The molecule has 1 aromatic heterocycles. The van der Waals surface area contributed by atoms with Crippen molar-refractivity contribution in [3.8, 4) is 17.2 Å². The Morgan fingerprint density at radius 2 is 1.75 bits per heavy atom. The number of nitrogens with one attached hydrogen (secondary N) is 1. The van der Waals surface area contributed by atoms with Gasteiger partial charge in [0.2, 0.25) is 5.78 Å². The molecule has 1 saturated heterocycles. The first-order chi connectivity index (χ1) is 17.3. The lowest BCUT2D eigenvalue weighted by Gasteiger charge is -2.28. The average molecular weight is 489 g/mol. The number of ketones is 1. The van der Waals surface area contributed by atoms with Crippen molar-refractivity contribution < 1.29 is 33.9 Å². The fraction of sp³-hybridized carbons (Fsp3) is 0.250. The molecular weight excluding hydrogens is 460 g/mol. The molecule has 8 nitrogen and oxygen atoms in total. The van der Waals surface area contributed by atoms with Crippen LogP contribution in [-0.2, 0) is 16.1 Å². The van der Waals surface area contributed by atoms with Crippen molar-refractivity contribution in [2.24, 2.45) is 0 Å². The van der Waals surface area contributed by atoms with Gasteiger partial charge in [-0.3, -0.25) is 9.59 Å². The summed E-state index contributed by atoms with van der Waals surface area (Å²) in [5.41, 5.74) is 1.40. The number of carbonyl (C=O) groups is 2. The Hall–Kier alpha value is -4.33. The number of hydrogen-bond acceptors (Lipinski definition) is 6. The lowest BCUT2D eigenvalue weighted by Crippen LogP contribution is -2.30. The van der Waals surface area contributed by atoms with E-state index in [0.717, 1.165) is 5.56 Å². The number of likely N-dealkylation sites (tertiary alicyclic amines) is 1. The first-order valence-electron chi connectivity index (χ1n) is 11.5. The number of amides is 1. The van der Waals surface area contributed by atoms with Gasteiger partial charge in [-0.05, 0) is 55.8 Å². The van der Waals surface area contributed by atoms with Crippen molar-refractivity contribution in [3.05, 3.63) is 89.3 Å². The van der Waals surface area contributed by atoms with Gasteiger partial charge in [0, 0.05) is 22.8 Å². The van der Waals surface area contributed by atoms with Gasteiger partial charge < -0.3 is 24.2 Å². The molecule has 3 aromatic rings. The molecule has 1 aliphatic rings. The third-order valence-corrected chi connectivity index (χ3v) is 5.87. The molecule has 0 radical (unpaired) electrons. The quantitative estimate of drug-likeness (QED) is 0.275. The third kappa shape index (κ3) is 4.88. The number of ether oxygens (including phenoxy) is 3. The Morgan fingerprint density at radius 3 is 2.36 bits per heavy atom. The number of methoxy groups -OCH3 is 2. The van der Waals surface area contributed by atoms with Gasteiger partial charge in [0.25, 0.3) is 5.91 Å². The molecule has 186 valence electrons. The number of aromatic nitrogens is 1. The van der Waals surface area contributed by atoms with Crippen molar-refractivity contribution >= 4 is 17.4 Å². The summed E-state index contributed by atoms with van der Waals surface area (Å²) in [4.78, 5) is 31.0. The second-order valence-electron chi connectivity index (χ2n) is 8.62. The molecule has 0 spiro atoms. The zero-order chi connectivity index (χ0) is 25.8. The third-order valence-electron chi connectivity index (χ3n) is 5.87. The van der Waals surface area contributed by atoms with Crippen LogP contribution < -0.4 is 24.3 Å². The minimum absolute atomic E-state index is 0.0244. The summed E-state index contributed by atoms with van der Waals surface area (Å²) in [5, 5.41) is 13.7. The highest BCUT2D eigenvalue weighted by atomic mass is 16.5. The molecule has 2 aromatic carbocycles.